The summed E-state index contributed by atoms with van der Waals surface area (Å²) in [6, 6.07) is 1.62. The van der Waals surface area contributed by atoms with Crippen LogP contribution in [0.2, 0.25) is 5.15 Å². The third kappa shape index (κ3) is 6.17. The summed E-state index contributed by atoms with van der Waals surface area (Å²) >= 11 is 5.91. The third-order valence-corrected chi connectivity index (χ3v) is 2.25. The van der Waals surface area contributed by atoms with Crippen molar-refractivity contribution < 1.29 is 9.47 Å². The Kier molecular flexibility index (Phi) is 5.82. The molecule has 5 heteroatoms. The first kappa shape index (κ1) is 15.2. The van der Waals surface area contributed by atoms with Crippen molar-refractivity contribution in [1.29, 1.82) is 0 Å². The maximum atomic E-state index is 5.91. The molecule has 0 amide bonds. The molecule has 0 aliphatic rings. The Bertz CT molecular complexity index is 378. The summed E-state index contributed by atoms with van der Waals surface area (Å²) in [6.07, 6.45) is 1.78. The minimum atomic E-state index is -0.153. The van der Waals surface area contributed by atoms with Crippen molar-refractivity contribution in [3.8, 4) is 5.88 Å². The van der Waals surface area contributed by atoms with E-state index in [0.29, 0.717) is 24.2 Å². The van der Waals surface area contributed by atoms with Gasteiger partial charge in [0.25, 0.3) is 0 Å². The molecule has 1 aromatic heterocycles. The van der Waals surface area contributed by atoms with Gasteiger partial charge in [-0.1, -0.05) is 18.5 Å². The van der Waals surface area contributed by atoms with Crippen molar-refractivity contribution in [3.63, 3.8) is 0 Å². The van der Waals surface area contributed by atoms with E-state index in [4.69, 9.17) is 21.1 Å². The Labute approximate surface area is 114 Å². The second-order valence-electron chi connectivity index (χ2n) is 5.00. The lowest BCUT2D eigenvalue weighted by Gasteiger charge is -2.19. The van der Waals surface area contributed by atoms with Gasteiger partial charge in [0.2, 0.25) is 5.88 Å². The number of halogens is 1. The quantitative estimate of drug-likeness (QED) is 0.589. The first-order valence-electron chi connectivity index (χ1n) is 6.21. The zero-order valence-corrected chi connectivity index (χ0v) is 12.3. The van der Waals surface area contributed by atoms with Crippen LogP contribution in [0.1, 0.15) is 39.9 Å². The molecule has 1 rings (SSSR count). The van der Waals surface area contributed by atoms with Crippen LogP contribution in [0.15, 0.2) is 6.07 Å². The number of aryl methyl sites for hydroxylation is 1. The summed E-state index contributed by atoms with van der Waals surface area (Å²) < 4.78 is 11.1. The summed E-state index contributed by atoms with van der Waals surface area (Å²) in [6.45, 7) is 9.07. The molecule has 0 aromatic carbocycles. The van der Waals surface area contributed by atoms with Crippen LogP contribution in [0.3, 0.4) is 0 Å². The van der Waals surface area contributed by atoms with Crippen LogP contribution in [-0.4, -0.2) is 28.8 Å². The van der Waals surface area contributed by atoms with E-state index in [2.05, 4.69) is 16.9 Å². The van der Waals surface area contributed by atoms with Crippen LogP contribution in [0.5, 0.6) is 5.88 Å². The lowest BCUT2D eigenvalue weighted by Crippen LogP contribution is -2.22. The summed E-state index contributed by atoms with van der Waals surface area (Å²) in [4.78, 5) is 8.42. The molecule has 0 fully saturated rings. The Morgan fingerprint density at radius 3 is 2.56 bits per heavy atom. The minimum Gasteiger partial charge on any atom is -0.475 e. The molecular weight excluding hydrogens is 252 g/mol. The monoisotopic (exact) mass is 272 g/mol. The van der Waals surface area contributed by atoms with Gasteiger partial charge in [-0.3, -0.25) is 0 Å². The van der Waals surface area contributed by atoms with Gasteiger partial charge in [0.1, 0.15) is 17.6 Å². The van der Waals surface area contributed by atoms with Gasteiger partial charge in [0.15, 0.2) is 0 Å². The molecule has 0 bridgehead atoms. The van der Waals surface area contributed by atoms with E-state index in [0.717, 1.165) is 18.7 Å². The van der Waals surface area contributed by atoms with Crippen molar-refractivity contribution in [1.82, 2.24) is 9.97 Å². The average Bonchev–Trinajstić information content (AvgIpc) is 2.23. The van der Waals surface area contributed by atoms with E-state index in [9.17, 15) is 0 Å². The molecule has 4 nitrogen and oxygen atoms in total. The molecule has 1 aromatic rings. The minimum absolute atomic E-state index is 0.153. The normalized spacial score (nSPS) is 11.6. The molecule has 0 saturated carbocycles. The maximum Gasteiger partial charge on any atom is 0.218 e. The average molecular weight is 273 g/mol. The standard InChI is InChI=1S/C13H21ClN2O2/c1-5-6-11-15-10(14)9-12(16-11)17-7-8-18-13(2,3)4/h9H,5-8H2,1-4H3. The number of ether oxygens (including phenoxy) is 2. The summed E-state index contributed by atoms with van der Waals surface area (Å²) in [5.74, 6) is 1.23. The smallest absolute Gasteiger partial charge is 0.218 e. The fourth-order valence-corrected chi connectivity index (χ4v) is 1.54. The molecule has 1 heterocycles. The molecule has 0 atom stereocenters. The number of aromatic nitrogens is 2. The molecule has 102 valence electrons. The highest BCUT2D eigenvalue weighted by Crippen LogP contribution is 2.15. The first-order valence-corrected chi connectivity index (χ1v) is 6.58. The van der Waals surface area contributed by atoms with E-state index in [1.165, 1.54) is 0 Å². The number of hydrogen-bond donors (Lipinski definition) is 0. The molecular formula is C13H21ClN2O2. The number of rotatable bonds is 6. The fraction of sp³-hybridized carbons (Fsp3) is 0.692. The second-order valence-corrected chi connectivity index (χ2v) is 5.39. The van der Waals surface area contributed by atoms with Crippen LogP contribution >= 0.6 is 11.6 Å². The molecule has 0 radical (unpaired) electrons. The van der Waals surface area contributed by atoms with Crippen LogP contribution in [-0.2, 0) is 11.2 Å². The van der Waals surface area contributed by atoms with Gasteiger partial charge in [-0.25, -0.2) is 4.98 Å². The number of nitrogens with zero attached hydrogens (tertiary/aromatic N) is 2. The molecule has 0 spiro atoms. The van der Waals surface area contributed by atoms with Crippen LogP contribution < -0.4 is 4.74 Å². The highest BCUT2D eigenvalue weighted by molar-refractivity contribution is 6.29. The van der Waals surface area contributed by atoms with Crippen LogP contribution in [0.4, 0.5) is 0 Å². The van der Waals surface area contributed by atoms with Gasteiger partial charge in [-0.2, -0.15) is 4.98 Å². The summed E-state index contributed by atoms with van der Waals surface area (Å²) in [5.41, 5.74) is -0.153. The summed E-state index contributed by atoms with van der Waals surface area (Å²) in [5, 5.41) is 0.417. The lowest BCUT2D eigenvalue weighted by atomic mass is 10.2. The van der Waals surface area contributed by atoms with Crippen molar-refractivity contribution >= 4 is 11.6 Å². The topological polar surface area (TPSA) is 44.2 Å². The Balaban J connectivity index is 2.46. The Hall–Kier alpha value is -0.870. The second kappa shape index (κ2) is 6.90. The predicted octanol–water partition coefficient (Wildman–Crippen LogP) is 3.28. The van der Waals surface area contributed by atoms with E-state index in [-0.39, 0.29) is 5.60 Å². The predicted molar refractivity (Wildman–Crippen MR) is 72.2 cm³/mol. The van der Waals surface area contributed by atoms with Gasteiger partial charge >= 0.3 is 0 Å². The van der Waals surface area contributed by atoms with Crippen molar-refractivity contribution in [2.45, 2.75) is 46.1 Å². The number of hydrogen-bond acceptors (Lipinski definition) is 4. The molecule has 18 heavy (non-hydrogen) atoms. The van der Waals surface area contributed by atoms with Gasteiger partial charge in [-0.15, -0.1) is 0 Å². The van der Waals surface area contributed by atoms with Crippen LogP contribution in [0.25, 0.3) is 0 Å². The summed E-state index contributed by atoms with van der Waals surface area (Å²) in [7, 11) is 0. The molecule has 0 N–H and O–H groups in total. The lowest BCUT2D eigenvalue weighted by molar-refractivity contribution is -0.0168. The highest BCUT2D eigenvalue weighted by atomic mass is 35.5. The molecule has 0 unspecified atom stereocenters. The van der Waals surface area contributed by atoms with Crippen molar-refractivity contribution in [2.24, 2.45) is 0 Å². The Morgan fingerprint density at radius 1 is 1.22 bits per heavy atom. The third-order valence-electron chi connectivity index (χ3n) is 2.06. The highest BCUT2D eigenvalue weighted by Gasteiger charge is 2.10. The zero-order chi connectivity index (χ0) is 13.6. The van der Waals surface area contributed by atoms with E-state index in [1.807, 2.05) is 20.8 Å². The first-order chi connectivity index (χ1) is 8.40. The van der Waals surface area contributed by atoms with Crippen LogP contribution in [0, 0.1) is 0 Å². The van der Waals surface area contributed by atoms with E-state index >= 15 is 0 Å². The van der Waals surface area contributed by atoms with Gasteiger partial charge in [-0.05, 0) is 27.2 Å². The van der Waals surface area contributed by atoms with Crippen molar-refractivity contribution in [2.75, 3.05) is 13.2 Å². The zero-order valence-electron chi connectivity index (χ0n) is 11.5. The molecule has 0 saturated heterocycles. The maximum absolute atomic E-state index is 5.91. The fourth-order valence-electron chi connectivity index (χ4n) is 1.35. The Morgan fingerprint density at radius 2 is 1.94 bits per heavy atom. The van der Waals surface area contributed by atoms with Gasteiger partial charge in [0.05, 0.1) is 12.2 Å². The van der Waals surface area contributed by atoms with E-state index in [1.54, 1.807) is 6.07 Å². The SMILES string of the molecule is CCCc1nc(Cl)cc(OCCOC(C)(C)C)n1. The van der Waals surface area contributed by atoms with Crippen molar-refractivity contribution in [3.05, 3.63) is 17.0 Å². The van der Waals surface area contributed by atoms with Gasteiger partial charge in [0, 0.05) is 12.5 Å². The van der Waals surface area contributed by atoms with E-state index < -0.39 is 0 Å². The molecule has 0 aliphatic carbocycles. The van der Waals surface area contributed by atoms with Gasteiger partial charge < -0.3 is 9.47 Å². The largest absolute Gasteiger partial charge is 0.475 e. The molecule has 0 aliphatic heterocycles.